The largest absolute Gasteiger partial charge is 0.451 e. The molecule has 0 bridgehead atoms. The van der Waals surface area contributed by atoms with Gasteiger partial charge < -0.3 is 14.2 Å². The summed E-state index contributed by atoms with van der Waals surface area (Å²) in [7, 11) is 0. The van der Waals surface area contributed by atoms with Crippen molar-refractivity contribution in [1.29, 1.82) is 0 Å². The predicted octanol–water partition coefficient (Wildman–Crippen LogP) is 8.24. The van der Waals surface area contributed by atoms with Gasteiger partial charge in [-0.25, -0.2) is 4.98 Å². The van der Waals surface area contributed by atoms with E-state index in [2.05, 4.69) is 10.3 Å². The molecule has 2 aromatic heterocycles. The first-order valence-corrected chi connectivity index (χ1v) is 11.4. The maximum atomic E-state index is 12.9. The highest BCUT2D eigenvalue weighted by Crippen LogP contribution is 2.33. The van der Waals surface area contributed by atoms with Crippen LogP contribution in [0.25, 0.3) is 33.9 Å². The van der Waals surface area contributed by atoms with Gasteiger partial charge in [0.25, 0.3) is 5.91 Å². The van der Waals surface area contributed by atoms with Crippen LogP contribution in [0.4, 0.5) is 5.69 Å². The van der Waals surface area contributed by atoms with Crippen LogP contribution in [0.2, 0.25) is 10.0 Å². The van der Waals surface area contributed by atoms with Gasteiger partial charge >= 0.3 is 0 Å². The third kappa shape index (κ3) is 4.09. The molecule has 0 unspecified atom stereocenters. The molecule has 1 N–H and O–H groups in total. The highest BCUT2D eigenvalue weighted by atomic mass is 35.5. The summed E-state index contributed by atoms with van der Waals surface area (Å²) in [4.78, 5) is 17.5. The van der Waals surface area contributed by atoms with Crippen LogP contribution in [-0.2, 0) is 0 Å². The number of hydrogen-bond acceptors (Lipinski definition) is 4. The number of oxazole rings is 1. The Hall–Kier alpha value is -3.54. The van der Waals surface area contributed by atoms with Crippen LogP contribution in [0.1, 0.15) is 27.2 Å². The number of aromatic nitrogens is 1. The Morgan fingerprint density at radius 2 is 1.74 bits per heavy atom. The molecule has 2 heterocycles. The lowest BCUT2D eigenvalue weighted by Gasteiger charge is -2.08. The summed E-state index contributed by atoms with van der Waals surface area (Å²) in [6, 6.07) is 18.2. The lowest BCUT2D eigenvalue weighted by Crippen LogP contribution is -2.11. The zero-order valence-electron chi connectivity index (χ0n) is 18.7. The van der Waals surface area contributed by atoms with Gasteiger partial charge in [-0.1, -0.05) is 41.4 Å². The summed E-state index contributed by atoms with van der Waals surface area (Å²) in [6.07, 6.45) is 0. The average molecular weight is 491 g/mol. The van der Waals surface area contributed by atoms with Crippen molar-refractivity contribution in [1.82, 2.24) is 4.98 Å². The van der Waals surface area contributed by atoms with Crippen molar-refractivity contribution in [3.05, 3.63) is 93.2 Å². The minimum Gasteiger partial charge on any atom is -0.451 e. The molecule has 34 heavy (non-hydrogen) atoms. The number of carbonyl (C=O) groups is 1. The summed E-state index contributed by atoms with van der Waals surface area (Å²) in [5.41, 5.74) is 6.48. The summed E-state index contributed by atoms with van der Waals surface area (Å²) in [5, 5.41) is 3.84. The fourth-order valence-electron chi connectivity index (χ4n) is 3.92. The highest BCUT2D eigenvalue weighted by Gasteiger charge is 2.17. The van der Waals surface area contributed by atoms with Crippen molar-refractivity contribution in [3.63, 3.8) is 0 Å². The lowest BCUT2D eigenvalue weighted by molar-refractivity contribution is 0.0997. The first kappa shape index (κ1) is 22.3. The van der Waals surface area contributed by atoms with Gasteiger partial charge in [-0.2, -0.15) is 0 Å². The molecule has 170 valence electrons. The van der Waals surface area contributed by atoms with E-state index in [1.165, 1.54) is 0 Å². The summed E-state index contributed by atoms with van der Waals surface area (Å²) in [5.74, 6) is 0.743. The van der Waals surface area contributed by atoms with Gasteiger partial charge in [0.05, 0.1) is 10.7 Å². The van der Waals surface area contributed by atoms with Crippen LogP contribution in [0.15, 0.2) is 69.5 Å². The quantitative estimate of drug-likeness (QED) is 0.275. The van der Waals surface area contributed by atoms with Crippen LogP contribution in [0.5, 0.6) is 0 Å². The lowest BCUT2D eigenvalue weighted by atomic mass is 10.1. The van der Waals surface area contributed by atoms with E-state index in [9.17, 15) is 4.79 Å². The SMILES string of the molecule is Cc1cc(C)c2oc(-c3ccc(Cl)c(NC(=O)c4ccc(-c5cccc(Cl)c5C)o4)c3)nc2c1. The number of anilines is 1. The Balaban J connectivity index is 1.43. The van der Waals surface area contributed by atoms with Crippen molar-refractivity contribution in [2.24, 2.45) is 0 Å². The number of halogens is 2. The van der Waals surface area contributed by atoms with Crippen LogP contribution in [-0.4, -0.2) is 10.9 Å². The number of amides is 1. The minimum atomic E-state index is -0.422. The number of nitrogens with zero attached hydrogens (tertiary/aromatic N) is 1. The van der Waals surface area contributed by atoms with E-state index >= 15 is 0 Å². The van der Waals surface area contributed by atoms with Gasteiger partial charge in [-0.05, 0) is 79.9 Å². The second-order valence-electron chi connectivity index (χ2n) is 8.17. The topological polar surface area (TPSA) is 68.3 Å². The Kier molecular flexibility index (Phi) is 5.68. The van der Waals surface area contributed by atoms with Crippen molar-refractivity contribution < 1.29 is 13.6 Å². The molecule has 1 amide bonds. The fraction of sp³-hybridized carbons (Fsp3) is 0.111. The molecule has 7 heteroatoms. The maximum Gasteiger partial charge on any atom is 0.291 e. The van der Waals surface area contributed by atoms with E-state index in [0.29, 0.717) is 32.9 Å². The number of benzene rings is 3. The molecule has 0 aliphatic carbocycles. The first-order valence-electron chi connectivity index (χ1n) is 10.6. The standard InChI is InChI=1S/C27H20Cl2N2O3/c1-14-11-15(2)25-22(12-14)31-27(34-25)17-7-8-20(29)21(13-17)30-26(32)24-10-9-23(33-24)18-5-4-6-19(28)16(18)3/h4-13H,1-3H3,(H,30,32). The molecule has 0 spiro atoms. The third-order valence-electron chi connectivity index (χ3n) is 5.64. The number of aryl methyl sites for hydroxylation is 2. The van der Waals surface area contributed by atoms with Gasteiger partial charge in [0.1, 0.15) is 11.3 Å². The van der Waals surface area contributed by atoms with Gasteiger partial charge in [0, 0.05) is 16.1 Å². The van der Waals surface area contributed by atoms with Crippen LogP contribution < -0.4 is 5.32 Å². The molecular formula is C27H20Cl2N2O3. The van der Waals surface area contributed by atoms with Crippen LogP contribution in [0.3, 0.4) is 0 Å². The third-order valence-corrected chi connectivity index (χ3v) is 6.38. The maximum absolute atomic E-state index is 12.9. The molecule has 0 aliphatic heterocycles. The van der Waals surface area contributed by atoms with Crippen molar-refractivity contribution in [2.45, 2.75) is 20.8 Å². The molecule has 0 saturated heterocycles. The molecule has 0 aliphatic rings. The highest BCUT2D eigenvalue weighted by molar-refractivity contribution is 6.34. The molecule has 0 atom stereocenters. The number of furan rings is 1. The van der Waals surface area contributed by atoms with Gasteiger partial charge in [0.15, 0.2) is 11.3 Å². The van der Waals surface area contributed by atoms with E-state index in [1.54, 1.807) is 30.3 Å². The molecule has 0 saturated carbocycles. The average Bonchev–Trinajstić information content (AvgIpc) is 3.45. The molecule has 5 nitrogen and oxygen atoms in total. The molecule has 3 aromatic carbocycles. The Morgan fingerprint density at radius 3 is 2.56 bits per heavy atom. The second kappa shape index (κ2) is 8.67. The normalized spacial score (nSPS) is 11.2. The number of nitrogens with one attached hydrogen (secondary N) is 1. The molecule has 0 radical (unpaired) electrons. The number of rotatable bonds is 4. The minimum absolute atomic E-state index is 0.156. The van der Waals surface area contributed by atoms with Gasteiger partial charge in [-0.3, -0.25) is 4.79 Å². The Bertz CT molecular complexity index is 1570. The van der Waals surface area contributed by atoms with Crippen molar-refractivity contribution in [3.8, 4) is 22.8 Å². The predicted molar refractivity (Wildman–Crippen MR) is 136 cm³/mol. The van der Waals surface area contributed by atoms with Crippen LogP contribution in [0, 0.1) is 20.8 Å². The second-order valence-corrected chi connectivity index (χ2v) is 8.99. The van der Waals surface area contributed by atoms with Gasteiger partial charge in [0.2, 0.25) is 5.89 Å². The number of fused-ring (bicyclic) bond motifs is 1. The molecule has 5 rings (SSSR count). The summed E-state index contributed by atoms with van der Waals surface area (Å²) >= 11 is 12.6. The summed E-state index contributed by atoms with van der Waals surface area (Å²) in [6.45, 7) is 5.91. The Labute approximate surface area is 206 Å². The van der Waals surface area contributed by atoms with Crippen molar-refractivity contribution in [2.75, 3.05) is 5.32 Å². The summed E-state index contributed by atoms with van der Waals surface area (Å²) < 4.78 is 11.8. The van der Waals surface area contributed by atoms with E-state index in [1.807, 2.05) is 51.1 Å². The van der Waals surface area contributed by atoms with Crippen LogP contribution >= 0.6 is 23.2 Å². The van der Waals surface area contributed by atoms with E-state index < -0.39 is 5.91 Å². The molecular weight excluding hydrogens is 471 g/mol. The molecule has 0 fully saturated rings. The van der Waals surface area contributed by atoms with E-state index in [-0.39, 0.29) is 5.76 Å². The zero-order chi connectivity index (χ0) is 24.0. The van der Waals surface area contributed by atoms with E-state index in [4.69, 9.17) is 32.0 Å². The first-order chi connectivity index (χ1) is 16.3. The zero-order valence-corrected chi connectivity index (χ0v) is 20.2. The monoisotopic (exact) mass is 490 g/mol. The smallest absolute Gasteiger partial charge is 0.291 e. The fourth-order valence-corrected chi connectivity index (χ4v) is 4.26. The van der Waals surface area contributed by atoms with E-state index in [0.717, 1.165) is 33.4 Å². The number of carbonyl (C=O) groups excluding carboxylic acids is 1. The Morgan fingerprint density at radius 1 is 0.912 bits per heavy atom. The van der Waals surface area contributed by atoms with Gasteiger partial charge in [-0.15, -0.1) is 0 Å². The van der Waals surface area contributed by atoms with Crippen molar-refractivity contribution >= 4 is 45.9 Å². The molecule has 5 aromatic rings. The number of hydrogen-bond donors (Lipinski definition) is 1.